The Labute approximate surface area is 141 Å². The maximum absolute atomic E-state index is 4.51. The van der Waals surface area contributed by atoms with Gasteiger partial charge >= 0.3 is 0 Å². The van der Waals surface area contributed by atoms with Gasteiger partial charge in [-0.3, -0.25) is 0 Å². The molecule has 108 valence electrons. The number of halogens is 2. The Balaban J connectivity index is 2.12. The van der Waals surface area contributed by atoms with Gasteiger partial charge in [-0.25, -0.2) is 4.98 Å². The number of rotatable bonds is 3. The lowest BCUT2D eigenvalue weighted by Crippen LogP contribution is -2.09. The fraction of sp³-hybridized carbons (Fsp3) is 0.400. The summed E-state index contributed by atoms with van der Waals surface area (Å²) in [6.45, 7) is 9.44. The van der Waals surface area contributed by atoms with E-state index in [-0.39, 0.29) is 5.41 Å². The molecule has 20 heavy (non-hydrogen) atoms. The van der Waals surface area contributed by atoms with E-state index in [0.29, 0.717) is 0 Å². The van der Waals surface area contributed by atoms with Gasteiger partial charge in [0.2, 0.25) is 0 Å². The van der Waals surface area contributed by atoms with Crippen LogP contribution in [0.3, 0.4) is 0 Å². The summed E-state index contributed by atoms with van der Waals surface area (Å²) in [7, 11) is 0. The molecule has 0 amide bonds. The number of nitrogens with one attached hydrogen (secondary N) is 1. The maximum Gasteiger partial charge on any atom is 0.0981 e. The van der Waals surface area contributed by atoms with Crippen LogP contribution in [-0.2, 0) is 12.0 Å². The molecule has 0 aliphatic heterocycles. The molecule has 0 fully saturated rings. The lowest BCUT2D eigenvalue weighted by atomic mass is 9.98. The summed E-state index contributed by atoms with van der Waals surface area (Å²) in [5.41, 5.74) is 2.43. The zero-order valence-electron chi connectivity index (χ0n) is 12.1. The predicted molar refractivity (Wildman–Crippen MR) is 94.7 cm³/mol. The first-order chi connectivity index (χ1) is 9.27. The molecular weight excluding hydrogens is 400 g/mol. The fourth-order valence-corrected chi connectivity index (χ4v) is 4.39. The molecule has 1 N–H and O–H groups in total. The molecule has 5 heteroatoms. The van der Waals surface area contributed by atoms with Crippen molar-refractivity contribution in [2.45, 2.75) is 39.7 Å². The SMILES string of the molecule is Cc1cc(Br)c(NCc2cnc(C(C)(C)C)s2)c(Br)c1. The summed E-state index contributed by atoms with van der Waals surface area (Å²) in [6.07, 6.45) is 1.97. The van der Waals surface area contributed by atoms with E-state index in [4.69, 9.17) is 0 Å². The summed E-state index contributed by atoms with van der Waals surface area (Å²) in [4.78, 5) is 5.76. The van der Waals surface area contributed by atoms with Crippen LogP contribution >= 0.6 is 43.2 Å². The highest BCUT2D eigenvalue weighted by Gasteiger charge is 2.18. The molecule has 2 rings (SSSR count). The fourth-order valence-electron chi connectivity index (χ4n) is 1.78. The third-order valence-corrected chi connectivity index (χ3v) is 5.49. The summed E-state index contributed by atoms with van der Waals surface area (Å²) in [6, 6.07) is 4.22. The van der Waals surface area contributed by atoms with Crippen molar-refractivity contribution >= 4 is 48.9 Å². The predicted octanol–water partition coefficient (Wildman–Crippen LogP) is 5.89. The van der Waals surface area contributed by atoms with E-state index in [0.717, 1.165) is 21.2 Å². The van der Waals surface area contributed by atoms with Crippen LogP contribution in [0.4, 0.5) is 5.69 Å². The van der Waals surface area contributed by atoms with Gasteiger partial charge in [0.1, 0.15) is 0 Å². The van der Waals surface area contributed by atoms with Crippen molar-refractivity contribution in [2.24, 2.45) is 0 Å². The third-order valence-electron chi connectivity index (χ3n) is 2.82. The van der Waals surface area contributed by atoms with E-state index >= 15 is 0 Å². The first kappa shape index (κ1) is 16.0. The van der Waals surface area contributed by atoms with Crippen molar-refractivity contribution in [3.63, 3.8) is 0 Å². The van der Waals surface area contributed by atoms with Crippen molar-refractivity contribution in [2.75, 3.05) is 5.32 Å². The van der Waals surface area contributed by atoms with Gasteiger partial charge in [-0.15, -0.1) is 11.3 Å². The highest BCUT2D eigenvalue weighted by atomic mass is 79.9. The first-order valence-corrected chi connectivity index (χ1v) is 8.82. The van der Waals surface area contributed by atoms with Gasteiger partial charge in [0.05, 0.1) is 17.2 Å². The zero-order valence-corrected chi connectivity index (χ0v) is 16.0. The average Bonchev–Trinajstić information content (AvgIpc) is 2.75. The molecule has 0 aliphatic carbocycles. The Hall–Kier alpha value is -0.390. The van der Waals surface area contributed by atoms with Crippen LogP contribution < -0.4 is 5.32 Å². The van der Waals surface area contributed by atoms with Gasteiger partial charge < -0.3 is 5.32 Å². The zero-order chi connectivity index (χ0) is 14.9. The van der Waals surface area contributed by atoms with Crippen LogP contribution in [0.2, 0.25) is 0 Å². The average molecular weight is 418 g/mol. The van der Waals surface area contributed by atoms with Crippen LogP contribution in [-0.4, -0.2) is 4.98 Å². The second-order valence-electron chi connectivity index (χ2n) is 5.84. The van der Waals surface area contributed by atoms with Crippen LogP contribution in [0.25, 0.3) is 0 Å². The number of hydrogen-bond donors (Lipinski definition) is 1. The number of nitrogens with zero attached hydrogens (tertiary/aromatic N) is 1. The quantitative estimate of drug-likeness (QED) is 0.673. The summed E-state index contributed by atoms with van der Waals surface area (Å²) < 4.78 is 2.15. The van der Waals surface area contributed by atoms with E-state index < -0.39 is 0 Å². The van der Waals surface area contributed by atoms with Crippen molar-refractivity contribution in [1.82, 2.24) is 4.98 Å². The van der Waals surface area contributed by atoms with E-state index in [1.807, 2.05) is 6.20 Å². The summed E-state index contributed by atoms with van der Waals surface area (Å²) >= 11 is 8.98. The molecule has 0 aliphatic rings. The molecule has 1 aromatic heterocycles. The third kappa shape index (κ3) is 3.83. The normalized spacial score (nSPS) is 11.7. The Kier molecular flexibility index (Phi) is 4.92. The Bertz CT molecular complexity index is 592. The molecular formula is C15H18Br2N2S. The minimum absolute atomic E-state index is 0.119. The second kappa shape index (κ2) is 6.16. The second-order valence-corrected chi connectivity index (χ2v) is 8.66. The van der Waals surface area contributed by atoms with Crippen LogP contribution in [0.1, 0.15) is 36.2 Å². The van der Waals surface area contributed by atoms with Crippen molar-refractivity contribution in [3.05, 3.63) is 42.7 Å². The van der Waals surface area contributed by atoms with Crippen molar-refractivity contribution < 1.29 is 0 Å². The minimum Gasteiger partial charge on any atom is -0.378 e. The molecule has 0 bridgehead atoms. The number of aromatic nitrogens is 1. The summed E-state index contributed by atoms with van der Waals surface area (Å²) in [5, 5.41) is 4.64. The van der Waals surface area contributed by atoms with Gasteiger partial charge in [0, 0.05) is 25.4 Å². The van der Waals surface area contributed by atoms with Crippen molar-refractivity contribution in [3.8, 4) is 0 Å². The molecule has 0 unspecified atom stereocenters. The first-order valence-electron chi connectivity index (χ1n) is 6.42. The lowest BCUT2D eigenvalue weighted by Gasteiger charge is -2.13. The van der Waals surface area contributed by atoms with Crippen LogP contribution in [0.15, 0.2) is 27.3 Å². The monoisotopic (exact) mass is 416 g/mol. The van der Waals surface area contributed by atoms with Crippen LogP contribution in [0.5, 0.6) is 0 Å². The molecule has 0 spiro atoms. The molecule has 2 nitrogen and oxygen atoms in total. The molecule has 2 aromatic rings. The standard InChI is InChI=1S/C15H18Br2N2S/c1-9-5-11(16)13(12(17)6-9)18-7-10-8-19-14(20-10)15(2,3)4/h5-6,8,18H,7H2,1-4H3. The van der Waals surface area contributed by atoms with E-state index in [1.165, 1.54) is 15.4 Å². The topological polar surface area (TPSA) is 24.9 Å². The van der Waals surface area contributed by atoms with Crippen LogP contribution in [0, 0.1) is 6.92 Å². The highest BCUT2D eigenvalue weighted by Crippen LogP contribution is 2.33. The molecule has 1 aromatic carbocycles. The number of hydrogen-bond acceptors (Lipinski definition) is 3. The van der Waals surface area contributed by atoms with E-state index in [9.17, 15) is 0 Å². The molecule has 0 radical (unpaired) electrons. The lowest BCUT2D eigenvalue weighted by molar-refractivity contribution is 0.585. The molecule has 0 saturated heterocycles. The number of anilines is 1. The number of thiazole rings is 1. The molecule has 0 saturated carbocycles. The van der Waals surface area contributed by atoms with Crippen molar-refractivity contribution in [1.29, 1.82) is 0 Å². The van der Waals surface area contributed by atoms with Gasteiger partial charge in [-0.2, -0.15) is 0 Å². The van der Waals surface area contributed by atoms with Gasteiger partial charge in [-0.1, -0.05) is 20.8 Å². The van der Waals surface area contributed by atoms with E-state index in [2.05, 4.69) is 82.0 Å². The smallest absolute Gasteiger partial charge is 0.0981 e. The highest BCUT2D eigenvalue weighted by molar-refractivity contribution is 9.11. The summed E-state index contributed by atoms with van der Waals surface area (Å²) in [5.74, 6) is 0. The van der Waals surface area contributed by atoms with Gasteiger partial charge in [0.15, 0.2) is 0 Å². The number of benzene rings is 1. The Morgan fingerprint density at radius 2 is 1.80 bits per heavy atom. The van der Waals surface area contributed by atoms with Gasteiger partial charge in [-0.05, 0) is 56.5 Å². The maximum atomic E-state index is 4.51. The molecule has 1 heterocycles. The Morgan fingerprint density at radius 3 is 2.30 bits per heavy atom. The molecule has 0 atom stereocenters. The Morgan fingerprint density at radius 1 is 1.20 bits per heavy atom. The number of aryl methyl sites for hydroxylation is 1. The van der Waals surface area contributed by atoms with E-state index in [1.54, 1.807) is 11.3 Å². The largest absolute Gasteiger partial charge is 0.378 e. The van der Waals surface area contributed by atoms with Gasteiger partial charge in [0.25, 0.3) is 0 Å². The minimum atomic E-state index is 0.119.